The number of pyridine rings is 1. The highest BCUT2D eigenvalue weighted by Gasteiger charge is 2.29. The van der Waals surface area contributed by atoms with Crippen LogP contribution in [0.2, 0.25) is 0 Å². The van der Waals surface area contributed by atoms with Gasteiger partial charge in [0, 0.05) is 12.4 Å². The molecule has 0 saturated carbocycles. The summed E-state index contributed by atoms with van der Waals surface area (Å²) in [5.74, 6) is 0.0464. The molecule has 1 amide bonds. The number of likely N-dealkylation sites (tertiary alicyclic amines) is 1. The van der Waals surface area contributed by atoms with Gasteiger partial charge in [0.2, 0.25) is 5.91 Å². The minimum atomic E-state index is -0.222. The molecule has 1 aromatic carbocycles. The molecule has 0 aliphatic carbocycles. The summed E-state index contributed by atoms with van der Waals surface area (Å²) in [7, 11) is 0. The maximum Gasteiger partial charge on any atom is 0.242 e. The van der Waals surface area contributed by atoms with E-state index >= 15 is 0 Å². The van der Waals surface area contributed by atoms with Crippen molar-refractivity contribution in [3.8, 4) is 0 Å². The molecule has 1 N–H and O–H groups in total. The molecular weight excluding hydrogens is 312 g/mol. The zero-order chi connectivity index (χ0) is 17.1. The summed E-state index contributed by atoms with van der Waals surface area (Å²) < 4.78 is 1.97. The predicted molar refractivity (Wildman–Crippen MR) is 97.0 cm³/mol. The van der Waals surface area contributed by atoms with Crippen LogP contribution < -0.4 is 5.32 Å². The number of benzene rings is 1. The van der Waals surface area contributed by atoms with Gasteiger partial charge in [-0.25, -0.2) is 4.98 Å². The number of carbonyl (C=O) groups is 1. The number of hydrogen-bond acceptors (Lipinski definition) is 3. The van der Waals surface area contributed by atoms with Gasteiger partial charge in [0.25, 0.3) is 0 Å². The molecule has 128 valence electrons. The summed E-state index contributed by atoms with van der Waals surface area (Å²) in [6.45, 7) is 2.39. The number of amides is 1. The average Bonchev–Trinajstić information content (AvgIpc) is 3.30. The Kier molecular flexibility index (Phi) is 4.48. The van der Waals surface area contributed by atoms with Crippen molar-refractivity contribution in [2.75, 3.05) is 13.1 Å². The molecule has 2 aromatic heterocycles. The molecule has 1 aliphatic heterocycles. The summed E-state index contributed by atoms with van der Waals surface area (Å²) in [5, 5.41) is 3.08. The molecule has 0 bridgehead atoms. The lowest BCUT2D eigenvalue weighted by molar-refractivity contribution is -0.126. The lowest BCUT2D eigenvalue weighted by Gasteiger charge is -2.26. The van der Waals surface area contributed by atoms with Gasteiger partial charge in [-0.05, 0) is 43.6 Å². The number of fused-ring (bicyclic) bond motifs is 1. The maximum absolute atomic E-state index is 12.9. The van der Waals surface area contributed by atoms with Crippen molar-refractivity contribution < 1.29 is 4.79 Å². The van der Waals surface area contributed by atoms with Crippen LogP contribution in [0.25, 0.3) is 5.65 Å². The lowest BCUT2D eigenvalue weighted by atomic mass is 10.0. The second-order valence-corrected chi connectivity index (χ2v) is 6.47. The Balaban J connectivity index is 1.50. The zero-order valence-electron chi connectivity index (χ0n) is 14.1. The van der Waals surface area contributed by atoms with E-state index < -0.39 is 0 Å². The molecule has 4 rings (SSSR count). The number of carbonyl (C=O) groups excluding carboxylic acids is 1. The number of hydrogen-bond donors (Lipinski definition) is 1. The van der Waals surface area contributed by atoms with E-state index in [0.29, 0.717) is 6.54 Å². The van der Waals surface area contributed by atoms with Crippen molar-refractivity contribution in [1.82, 2.24) is 19.6 Å². The normalized spacial score (nSPS) is 16.2. The van der Waals surface area contributed by atoms with Crippen LogP contribution in [0.1, 0.15) is 30.1 Å². The minimum Gasteiger partial charge on any atom is -0.349 e. The number of nitrogens with zero attached hydrogens (tertiary/aromatic N) is 3. The third-order valence-corrected chi connectivity index (χ3v) is 4.73. The number of aromatic nitrogens is 2. The van der Waals surface area contributed by atoms with E-state index in [4.69, 9.17) is 0 Å². The third kappa shape index (κ3) is 3.42. The van der Waals surface area contributed by atoms with Gasteiger partial charge in [-0.1, -0.05) is 36.4 Å². The fraction of sp³-hybridized carbons (Fsp3) is 0.300. The monoisotopic (exact) mass is 334 g/mol. The SMILES string of the molecule is O=C(NCc1cn2ccccc2n1)[C@@H](c1ccccc1)N1CCCC1. The van der Waals surface area contributed by atoms with E-state index in [1.165, 1.54) is 0 Å². The summed E-state index contributed by atoms with van der Waals surface area (Å²) in [5.41, 5.74) is 2.82. The Bertz CT molecular complexity index is 819. The Hall–Kier alpha value is -2.66. The lowest BCUT2D eigenvalue weighted by Crippen LogP contribution is -2.39. The van der Waals surface area contributed by atoms with Crippen LogP contribution in [0.3, 0.4) is 0 Å². The maximum atomic E-state index is 12.9. The Labute approximate surface area is 147 Å². The summed E-state index contributed by atoms with van der Waals surface area (Å²) in [6.07, 6.45) is 6.24. The molecule has 5 nitrogen and oxygen atoms in total. The Morgan fingerprint density at radius 3 is 2.60 bits per heavy atom. The van der Waals surface area contributed by atoms with Crippen molar-refractivity contribution in [3.63, 3.8) is 0 Å². The first-order valence-corrected chi connectivity index (χ1v) is 8.80. The fourth-order valence-electron chi connectivity index (χ4n) is 3.51. The topological polar surface area (TPSA) is 49.6 Å². The molecule has 1 aliphatic rings. The fourth-order valence-corrected chi connectivity index (χ4v) is 3.51. The van der Waals surface area contributed by atoms with Crippen LogP contribution in [-0.4, -0.2) is 33.3 Å². The van der Waals surface area contributed by atoms with Gasteiger partial charge in [0.1, 0.15) is 11.7 Å². The second kappa shape index (κ2) is 7.07. The van der Waals surface area contributed by atoms with Gasteiger partial charge in [-0.15, -0.1) is 0 Å². The van der Waals surface area contributed by atoms with Crippen molar-refractivity contribution in [1.29, 1.82) is 0 Å². The highest BCUT2D eigenvalue weighted by molar-refractivity contribution is 5.83. The first kappa shape index (κ1) is 15.8. The van der Waals surface area contributed by atoms with Crippen LogP contribution in [0.4, 0.5) is 0 Å². The predicted octanol–water partition coefficient (Wildman–Crippen LogP) is 2.79. The van der Waals surface area contributed by atoms with Crippen molar-refractivity contribution >= 4 is 11.6 Å². The number of imidazole rings is 1. The quantitative estimate of drug-likeness (QED) is 0.780. The smallest absolute Gasteiger partial charge is 0.242 e. The van der Waals surface area contributed by atoms with Crippen LogP contribution >= 0.6 is 0 Å². The summed E-state index contributed by atoms with van der Waals surface area (Å²) >= 11 is 0. The van der Waals surface area contributed by atoms with Crippen LogP contribution in [0, 0.1) is 0 Å². The van der Waals surface area contributed by atoms with Gasteiger partial charge in [-0.2, -0.15) is 0 Å². The molecule has 3 heterocycles. The van der Waals surface area contributed by atoms with E-state index in [-0.39, 0.29) is 11.9 Å². The van der Waals surface area contributed by atoms with Gasteiger partial charge in [0.05, 0.1) is 12.2 Å². The Morgan fingerprint density at radius 2 is 1.84 bits per heavy atom. The molecule has 0 unspecified atom stereocenters. The molecule has 5 heteroatoms. The molecule has 1 atom stereocenters. The van der Waals surface area contributed by atoms with Gasteiger partial charge < -0.3 is 9.72 Å². The highest BCUT2D eigenvalue weighted by Crippen LogP contribution is 2.25. The average molecular weight is 334 g/mol. The van der Waals surface area contributed by atoms with E-state index in [9.17, 15) is 4.79 Å². The van der Waals surface area contributed by atoms with E-state index in [0.717, 1.165) is 42.8 Å². The molecular formula is C20H22N4O. The largest absolute Gasteiger partial charge is 0.349 e. The van der Waals surface area contributed by atoms with Crippen LogP contribution in [0.5, 0.6) is 0 Å². The van der Waals surface area contributed by atoms with E-state index in [1.54, 1.807) is 0 Å². The number of rotatable bonds is 5. The van der Waals surface area contributed by atoms with Crippen LogP contribution in [0.15, 0.2) is 60.9 Å². The molecule has 0 spiro atoms. The zero-order valence-corrected chi connectivity index (χ0v) is 14.1. The molecule has 1 fully saturated rings. The second-order valence-electron chi connectivity index (χ2n) is 6.47. The van der Waals surface area contributed by atoms with Crippen molar-refractivity contribution in [2.24, 2.45) is 0 Å². The standard InChI is InChI=1S/C20H22N4O/c25-20(21-14-17-15-24-13-5-4-10-18(24)22-17)19(23-11-6-7-12-23)16-8-2-1-3-9-16/h1-5,8-10,13,15,19H,6-7,11-12,14H2,(H,21,25)/t19-/m1/s1. The molecule has 1 saturated heterocycles. The van der Waals surface area contributed by atoms with E-state index in [1.807, 2.05) is 65.3 Å². The Morgan fingerprint density at radius 1 is 1.08 bits per heavy atom. The molecule has 3 aromatic rings. The van der Waals surface area contributed by atoms with Gasteiger partial charge in [-0.3, -0.25) is 9.69 Å². The third-order valence-electron chi connectivity index (χ3n) is 4.73. The molecule has 25 heavy (non-hydrogen) atoms. The van der Waals surface area contributed by atoms with E-state index in [2.05, 4.69) is 15.2 Å². The summed E-state index contributed by atoms with van der Waals surface area (Å²) in [4.78, 5) is 19.8. The van der Waals surface area contributed by atoms with Crippen molar-refractivity contribution in [3.05, 3.63) is 72.2 Å². The van der Waals surface area contributed by atoms with Gasteiger partial charge >= 0.3 is 0 Å². The first-order valence-electron chi connectivity index (χ1n) is 8.80. The minimum absolute atomic E-state index is 0.0464. The first-order chi connectivity index (χ1) is 12.3. The van der Waals surface area contributed by atoms with Crippen molar-refractivity contribution in [2.45, 2.75) is 25.4 Å². The molecule has 0 radical (unpaired) electrons. The summed E-state index contributed by atoms with van der Waals surface area (Å²) in [6, 6.07) is 15.7. The van der Waals surface area contributed by atoms with Gasteiger partial charge in [0.15, 0.2) is 0 Å². The number of nitrogens with one attached hydrogen (secondary N) is 1. The van der Waals surface area contributed by atoms with Crippen LogP contribution in [-0.2, 0) is 11.3 Å². The highest BCUT2D eigenvalue weighted by atomic mass is 16.2.